The molecule has 0 bridgehead atoms. The summed E-state index contributed by atoms with van der Waals surface area (Å²) in [6.07, 6.45) is 4.10. The molecule has 0 fully saturated rings. The summed E-state index contributed by atoms with van der Waals surface area (Å²) in [5.74, 6) is 1.49. The van der Waals surface area contributed by atoms with E-state index in [0.29, 0.717) is 11.3 Å². The molecule has 6 heteroatoms. The monoisotopic (exact) mass is 438 g/mol. The minimum Gasteiger partial charge on any atom is -0.456 e. The van der Waals surface area contributed by atoms with Gasteiger partial charge in [0.2, 0.25) is 0 Å². The number of thioether (sulfide) groups is 1. The molecule has 3 aromatic rings. The molecule has 0 atom stereocenters. The first-order valence-corrected chi connectivity index (χ1v) is 11.0. The maximum Gasteiger partial charge on any atom is 0.141 e. The van der Waals surface area contributed by atoms with Crippen molar-refractivity contribution in [3.63, 3.8) is 0 Å². The van der Waals surface area contributed by atoms with Crippen LogP contribution < -0.4 is 4.74 Å². The lowest BCUT2D eigenvalue weighted by Gasteiger charge is -2.11. The van der Waals surface area contributed by atoms with Gasteiger partial charge >= 0.3 is 0 Å². The van der Waals surface area contributed by atoms with Crippen LogP contribution in [0.25, 0.3) is 10.9 Å². The number of aromatic nitrogens is 1. The number of rotatable bonds is 4. The second-order valence-corrected chi connectivity index (χ2v) is 7.01. The van der Waals surface area contributed by atoms with E-state index in [9.17, 15) is 0 Å². The zero-order valence-corrected chi connectivity index (χ0v) is 15.4. The Kier molecular flexibility index (Phi) is 4.86. The highest BCUT2D eigenvalue weighted by Crippen LogP contribution is 2.39. The number of nitriles is 1. The van der Waals surface area contributed by atoms with Gasteiger partial charge in [-0.05, 0) is 42.7 Å². The number of hydrogen-bond acceptors (Lipinski definition) is 4. The Balaban J connectivity index is 2.05. The molecule has 110 valence electrons. The Hall–Kier alpha value is -1.30. The maximum absolute atomic E-state index is 8.98. The van der Waals surface area contributed by atoms with Crippen LogP contribution in [0.2, 0.25) is 0 Å². The van der Waals surface area contributed by atoms with Crippen molar-refractivity contribution < 1.29 is 4.74 Å². The minimum atomic E-state index is 0.594. The Bertz CT molecular complexity index is 870. The summed E-state index contributed by atoms with van der Waals surface area (Å²) in [7, 11) is 1.64. The number of halogens is 1. The summed E-state index contributed by atoms with van der Waals surface area (Å²) in [6.45, 7) is 0. The SMILES string of the molecule is CSc1c(Oc2cccc(C#N)c2)ccc2c1ccn2SI. The lowest BCUT2D eigenvalue weighted by molar-refractivity contribution is 0.472. The normalized spacial score (nSPS) is 10.6. The molecular weight excluding hydrogens is 427 g/mol. The van der Waals surface area contributed by atoms with E-state index in [1.54, 1.807) is 33.0 Å². The van der Waals surface area contributed by atoms with Crippen LogP contribution in [-0.2, 0) is 0 Å². The van der Waals surface area contributed by atoms with Crippen molar-refractivity contribution in [1.82, 2.24) is 3.97 Å². The van der Waals surface area contributed by atoms with Gasteiger partial charge in [0, 0.05) is 41.9 Å². The smallest absolute Gasteiger partial charge is 0.141 e. The number of benzene rings is 2. The largest absolute Gasteiger partial charge is 0.456 e. The first kappa shape index (κ1) is 15.6. The van der Waals surface area contributed by atoms with Gasteiger partial charge in [-0.1, -0.05) is 6.07 Å². The van der Waals surface area contributed by atoms with Crippen molar-refractivity contribution in [2.75, 3.05) is 6.26 Å². The number of hydrogen-bond donors (Lipinski definition) is 0. The van der Waals surface area contributed by atoms with Crippen LogP contribution >= 0.6 is 42.1 Å². The predicted molar refractivity (Wildman–Crippen MR) is 102 cm³/mol. The van der Waals surface area contributed by atoms with E-state index >= 15 is 0 Å². The van der Waals surface area contributed by atoms with Crippen LogP contribution in [0.4, 0.5) is 0 Å². The highest BCUT2D eigenvalue weighted by molar-refractivity contribution is 14.2. The molecule has 0 radical (unpaired) electrons. The zero-order valence-electron chi connectivity index (χ0n) is 11.6. The lowest BCUT2D eigenvalue weighted by atomic mass is 10.2. The molecule has 0 saturated heterocycles. The quantitative estimate of drug-likeness (QED) is 0.377. The summed E-state index contributed by atoms with van der Waals surface area (Å²) in [5, 5.41) is 10.2. The van der Waals surface area contributed by atoms with Gasteiger partial charge in [-0.15, -0.1) is 11.8 Å². The van der Waals surface area contributed by atoms with E-state index in [1.807, 2.05) is 24.5 Å². The van der Waals surface area contributed by atoms with Crippen LogP contribution in [0.15, 0.2) is 53.6 Å². The summed E-state index contributed by atoms with van der Waals surface area (Å²) in [6, 6.07) is 15.5. The van der Waals surface area contributed by atoms with Gasteiger partial charge in [-0.25, -0.2) is 0 Å². The molecular formula is C16H11IN2OS2. The summed E-state index contributed by atoms with van der Waals surface area (Å²) < 4.78 is 8.12. The fourth-order valence-electron chi connectivity index (χ4n) is 2.25. The highest BCUT2D eigenvalue weighted by atomic mass is 127. The molecule has 0 N–H and O–H groups in total. The Morgan fingerprint density at radius 2 is 2.09 bits per heavy atom. The standard InChI is InChI=1S/C16H11IN2OS2/c1-21-16-13-7-8-19(22-17)14(13)5-6-15(16)20-12-4-2-3-11(9-12)10-18/h2-9H,1H3. The molecule has 0 spiro atoms. The van der Waals surface area contributed by atoms with Crippen LogP contribution in [0.5, 0.6) is 11.5 Å². The van der Waals surface area contributed by atoms with Crippen molar-refractivity contribution in [2.24, 2.45) is 0 Å². The van der Waals surface area contributed by atoms with E-state index in [0.717, 1.165) is 10.6 Å². The third kappa shape index (κ3) is 2.93. The fraction of sp³-hybridized carbons (Fsp3) is 0.0625. The molecule has 22 heavy (non-hydrogen) atoms. The molecule has 0 aliphatic rings. The van der Waals surface area contributed by atoms with Crippen molar-refractivity contribution in [3.05, 3.63) is 54.2 Å². The maximum atomic E-state index is 8.98. The van der Waals surface area contributed by atoms with Crippen LogP contribution in [-0.4, -0.2) is 10.2 Å². The van der Waals surface area contributed by atoms with E-state index < -0.39 is 0 Å². The Morgan fingerprint density at radius 3 is 2.82 bits per heavy atom. The Morgan fingerprint density at radius 1 is 1.23 bits per heavy atom. The molecule has 0 aliphatic carbocycles. The Labute approximate surface area is 149 Å². The summed E-state index contributed by atoms with van der Waals surface area (Å²) >= 11 is 3.93. The second-order valence-electron chi connectivity index (χ2n) is 4.48. The number of ether oxygens (including phenoxy) is 1. The molecule has 0 unspecified atom stereocenters. The highest BCUT2D eigenvalue weighted by Gasteiger charge is 2.12. The molecule has 1 heterocycles. The number of nitrogens with zero attached hydrogens (tertiary/aromatic N) is 2. The molecule has 0 aliphatic heterocycles. The van der Waals surface area contributed by atoms with Gasteiger partial charge in [0.1, 0.15) is 11.5 Å². The van der Waals surface area contributed by atoms with Gasteiger partial charge in [0.05, 0.1) is 22.0 Å². The predicted octanol–water partition coefficient (Wildman–Crippen LogP) is 5.87. The third-order valence-electron chi connectivity index (χ3n) is 3.22. The lowest BCUT2D eigenvalue weighted by Crippen LogP contribution is -1.89. The third-order valence-corrected chi connectivity index (χ3v) is 5.79. The summed E-state index contributed by atoms with van der Waals surface area (Å²) in [4.78, 5) is 1.10. The van der Waals surface area contributed by atoms with E-state index in [1.165, 1.54) is 10.9 Å². The van der Waals surface area contributed by atoms with Gasteiger partial charge in [0.25, 0.3) is 0 Å². The topological polar surface area (TPSA) is 37.9 Å². The van der Waals surface area contributed by atoms with Gasteiger partial charge in [-0.3, -0.25) is 3.97 Å². The summed E-state index contributed by atoms with van der Waals surface area (Å²) in [5.41, 5.74) is 1.76. The van der Waals surface area contributed by atoms with Crippen molar-refractivity contribution in [1.29, 1.82) is 5.26 Å². The molecule has 3 nitrogen and oxygen atoms in total. The van der Waals surface area contributed by atoms with Gasteiger partial charge in [-0.2, -0.15) is 5.26 Å². The molecule has 0 saturated carbocycles. The van der Waals surface area contributed by atoms with Crippen molar-refractivity contribution in [3.8, 4) is 17.6 Å². The minimum absolute atomic E-state index is 0.594. The molecule has 3 rings (SSSR count). The second kappa shape index (κ2) is 6.86. The van der Waals surface area contributed by atoms with E-state index in [-0.39, 0.29) is 0 Å². The van der Waals surface area contributed by atoms with Gasteiger partial charge in [0.15, 0.2) is 0 Å². The average Bonchev–Trinajstić information content (AvgIpc) is 2.98. The van der Waals surface area contributed by atoms with Crippen LogP contribution in [0.1, 0.15) is 5.56 Å². The van der Waals surface area contributed by atoms with Crippen LogP contribution in [0.3, 0.4) is 0 Å². The molecule has 1 aromatic heterocycles. The number of fused-ring (bicyclic) bond motifs is 1. The van der Waals surface area contributed by atoms with Crippen LogP contribution in [0, 0.1) is 11.3 Å². The first-order valence-electron chi connectivity index (χ1n) is 6.42. The molecule has 0 amide bonds. The fourth-order valence-corrected chi connectivity index (χ4v) is 4.33. The van der Waals surface area contributed by atoms with Crippen molar-refractivity contribution >= 4 is 53.0 Å². The van der Waals surface area contributed by atoms with E-state index in [2.05, 4.69) is 49.6 Å². The van der Waals surface area contributed by atoms with E-state index in [4.69, 9.17) is 10.00 Å². The average molecular weight is 438 g/mol. The first-order chi connectivity index (χ1) is 10.8. The van der Waals surface area contributed by atoms with Gasteiger partial charge < -0.3 is 4.74 Å². The van der Waals surface area contributed by atoms with Crippen molar-refractivity contribution in [2.45, 2.75) is 4.90 Å². The molecule has 2 aromatic carbocycles. The zero-order chi connectivity index (χ0) is 15.5.